The van der Waals surface area contributed by atoms with E-state index < -0.39 is 6.36 Å². The van der Waals surface area contributed by atoms with Gasteiger partial charge in [0, 0.05) is 11.8 Å². The van der Waals surface area contributed by atoms with Crippen molar-refractivity contribution in [3.8, 4) is 16.9 Å². The molecule has 1 aromatic carbocycles. The normalized spacial score (nSPS) is 11.4. The molecule has 0 saturated carbocycles. The second-order valence-electron chi connectivity index (χ2n) is 4.00. The lowest BCUT2D eigenvalue weighted by Crippen LogP contribution is -2.17. The molecule has 0 aliphatic rings. The van der Waals surface area contributed by atoms with Gasteiger partial charge in [0.25, 0.3) is 0 Å². The number of nitrogens with zero attached hydrogens (tertiary/aromatic N) is 1. The number of aromatic nitrogens is 1. The number of hydrogen-bond acceptors (Lipinski definition) is 4. The topological polar surface area (TPSA) is 68.4 Å². The SMILES string of the molecule is Nc1cc(CO)c(-c2cccc(OC(F)(F)F)c2)cn1. The van der Waals surface area contributed by atoms with E-state index in [1.54, 1.807) is 6.07 Å². The number of ether oxygens (including phenoxy) is 1. The summed E-state index contributed by atoms with van der Waals surface area (Å²) in [7, 11) is 0. The van der Waals surface area contributed by atoms with Crippen LogP contribution in [-0.2, 0) is 6.61 Å². The van der Waals surface area contributed by atoms with Gasteiger partial charge in [-0.25, -0.2) is 4.98 Å². The summed E-state index contributed by atoms with van der Waals surface area (Å²) in [5.41, 5.74) is 6.91. The number of benzene rings is 1. The predicted octanol–water partition coefficient (Wildman–Crippen LogP) is 2.72. The highest BCUT2D eigenvalue weighted by molar-refractivity contribution is 5.69. The van der Waals surface area contributed by atoms with Crippen LogP contribution >= 0.6 is 0 Å². The van der Waals surface area contributed by atoms with Crippen molar-refractivity contribution in [1.29, 1.82) is 0 Å². The minimum absolute atomic E-state index is 0.223. The van der Waals surface area contributed by atoms with Gasteiger partial charge in [-0.15, -0.1) is 13.2 Å². The van der Waals surface area contributed by atoms with Gasteiger partial charge in [-0.1, -0.05) is 12.1 Å². The van der Waals surface area contributed by atoms with E-state index in [2.05, 4.69) is 9.72 Å². The first-order chi connectivity index (χ1) is 9.39. The molecule has 2 rings (SSSR count). The lowest BCUT2D eigenvalue weighted by molar-refractivity contribution is -0.274. The molecule has 0 fully saturated rings. The summed E-state index contributed by atoms with van der Waals surface area (Å²) in [6, 6.07) is 6.90. The Hall–Kier alpha value is -2.28. The van der Waals surface area contributed by atoms with Crippen LogP contribution in [0.1, 0.15) is 5.56 Å². The molecule has 106 valence electrons. The van der Waals surface area contributed by atoms with E-state index in [1.807, 2.05) is 0 Å². The molecule has 0 radical (unpaired) electrons. The average molecular weight is 284 g/mol. The maximum absolute atomic E-state index is 12.2. The smallest absolute Gasteiger partial charge is 0.406 e. The summed E-state index contributed by atoms with van der Waals surface area (Å²) in [4.78, 5) is 3.87. The van der Waals surface area contributed by atoms with Crippen LogP contribution in [0.3, 0.4) is 0 Å². The highest BCUT2D eigenvalue weighted by atomic mass is 19.4. The quantitative estimate of drug-likeness (QED) is 0.909. The molecule has 2 aromatic rings. The number of aliphatic hydroxyl groups is 1. The Bertz CT molecular complexity index is 615. The van der Waals surface area contributed by atoms with E-state index in [0.717, 1.165) is 0 Å². The zero-order valence-corrected chi connectivity index (χ0v) is 10.2. The Morgan fingerprint density at radius 2 is 2.00 bits per heavy atom. The fraction of sp³-hybridized carbons (Fsp3) is 0.154. The van der Waals surface area contributed by atoms with Crippen molar-refractivity contribution in [2.45, 2.75) is 13.0 Å². The number of halogens is 3. The molecule has 0 aliphatic heterocycles. The Labute approximate surface area is 112 Å². The van der Waals surface area contributed by atoms with Gasteiger partial charge in [0.2, 0.25) is 0 Å². The van der Waals surface area contributed by atoms with Crippen molar-refractivity contribution >= 4 is 5.82 Å². The number of hydrogen-bond donors (Lipinski definition) is 2. The molecular weight excluding hydrogens is 273 g/mol. The van der Waals surface area contributed by atoms with E-state index in [4.69, 9.17) is 5.73 Å². The van der Waals surface area contributed by atoms with Crippen molar-refractivity contribution in [1.82, 2.24) is 4.98 Å². The molecule has 1 aromatic heterocycles. The van der Waals surface area contributed by atoms with Gasteiger partial charge in [0.05, 0.1) is 6.61 Å². The number of nitrogen functional groups attached to an aromatic ring is 1. The van der Waals surface area contributed by atoms with Gasteiger partial charge >= 0.3 is 6.36 Å². The number of aliphatic hydroxyl groups excluding tert-OH is 1. The average Bonchev–Trinajstić information content (AvgIpc) is 2.36. The molecule has 0 bridgehead atoms. The maximum Gasteiger partial charge on any atom is 0.573 e. The third-order valence-corrected chi connectivity index (χ3v) is 2.56. The van der Waals surface area contributed by atoms with Crippen molar-refractivity contribution in [2.75, 3.05) is 5.73 Å². The molecule has 1 heterocycles. The van der Waals surface area contributed by atoms with Crippen molar-refractivity contribution in [3.63, 3.8) is 0 Å². The van der Waals surface area contributed by atoms with Crippen LogP contribution in [0.15, 0.2) is 36.5 Å². The fourth-order valence-electron chi connectivity index (χ4n) is 1.77. The first-order valence-electron chi connectivity index (χ1n) is 5.60. The Kier molecular flexibility index (Phi) is 3.80. The summed E-state index contributed by atoms with van der Waals surface area (Å²) in [5.74, 6) is -0.115. The Balaban J connectivity index is 2.41. The minimum atomic E-state index is -4.75. The summed E-state index contributed by atoms with van der Waals surface area (Å²) in [6.45, 7) is -0.299. The second-order valence-corrected chi connectivity index (χ2v) is 4.00. The van der Waals surface area contributed by atoms with E-state index >= 15 is 0 Å². The third kappa shape index (κ3) is 3.39. The van der Waals surface area contributed by atoms with Gasteiger partial charge < -0.3 is 15.6 Å². The van der Waals surface area contributed by atoms with Crippen LogP contribution in [-0.4, -0.2) is 16.5 Å². The third-order valence-electron chi connectivity index (χ3n) is 2.56. The first-order valence-corrected chi connectivity index (χ1v) is 5.60. The van der Waals surface area contributed by atoms with Crippen LogP contribution in [0.4, 0.5) is 19.0 Å². The highest BCUT2D eigenvalue weighted by Crippen LogP contribution is 2.30. The van der Waals surface area contributed by atoms with Crippen molar-refractivity contribution in [3.05, 3.63) is 42.1 Å². The zero-order chi connectivity index (χ0) is 14.8. The highest BCUT2D eigenvalue weighted by Gasteiger charge is 2.31. The maximum atomic E-state index is 12.2. The van der Waals surface area contributed by atoms with Crippen LogP contribution in [0.2, 0.25) is 0 Å². The largest absolute Gasteiger partial charge is 0.573 e. The molecule has 4 nitrogen and oxygen atoms in total. The second kappa shape index (κ2) is 5.38. The van der Waals surface area contributed by atoms with Gasteiger partial charge in [-0.3, -0.25) is 0 Å². The van der Waals surface area contributed by atoms with Crippen LogP contribution < -0.4 is 10.5 Å². The number of rotatable bonds is 3. The van der Waals surface area contributed by atoms with Gasteiger partial charge in [0.1, 0.15) is 11.6 Å². The number of alkyl halides is 3. The number of nitrogens with two attached hydrogens (primary N) is 1. The molecule has 0 saturated heterocycles. The summed E-state index contributed by atoms with van der Waals surface area (Å²) in [6.07, 6.45) is -3.36. The van der Waals surface area contributed by atoms with Gasteiger partial charge in [-0.2, -0.15) is 0 Å². The molecule has 3 N–H and O–H groups in total. The standard InChI is InChI=1S/C13H11F3N2O2/c14-13(15,16)20-10-3-1-2-8(4-10)11-6-18-12(17)5-9(11)7-19/h1-6,19H,7H2,(H2,17,18). The number of pyridine rings is 1. The van der Waals surface area contributed by atoms with Crippen molar-refractivity contribution in [2.24, 2.45) is 0 Å². The van der Waals surface area contributed by atoms with Crippen LogP contribution in [0.5, 0.6) is 5.75 Å². The Morgan fingerprint density at radius 3 is 2.65 bits per heavy atom. The summed E-state index contributed by atoms with van der Waals surface area (Å²) < 4.78 is 40.4. The molecule has 0 spiro atoms. The summed E-state index contributed by atoms with van der Waals surface area (Å²) in [5, 5.41) is 9.27. The Morgan fingerprint density at radius 1 is 1.25 bits per heavy atom. The van der Waals surface area contributed by atoms with Crippen LogP contribution in [0.25, 0.3) is 11.1 Å². The lowest BCUT2D eigenvalue weighted by atomic mass is 10.0. The van der Waals surface area contributed by atoms with E-state index in [-0.39, 0.29) is 18.2 Å². The first kappa shape index (κ1) is 14.1. The van der Waals surface area contributed by atoms with E-state index in [9.17, 15) is 18.3 Å². The van der Waals surface area contributed by atoms with Gasteiger partial charge in [0.15, 0.2) is 0 Å². The molecule has 0 atom stereocenters. The minimum Gasteiger partial charge on any atom is -0.406 e. The van der Waals surface area contributed by atoms with E-state index in [0.29, 0.717) is 16.7 Å². The molecule has 0 unspecified atom stereocenters. The monoisotopic (exact) mass is 284 g/mol. The molecule has 20 heavy (non-hydrogen) atoms. The number of anilines is 1. The molecule has 7 heteroatoms. The van der Waals surface area contributed by atoms with Gasteiger partial charge in [-0.05, 0) is 29.3 Å². The molecule has 0 amide bonds. The lowest BCUT2D eigenvalue weighted by Gasteiger charge is -2.12. The molecular formula is C13H11F3N2O2. The zero-order valence-electron chi connectivity index (χ0n) is 10.2. The summed E-state index contributed by atoms with van der Waals surface area (Å²) >= 11 is 0. The predicted molar refractivity (Wildman–Crippen MR) is 66.7 cm³/mol. The van der Waals surface area contributed by atoms with E-state index in [1.165, 1.54) is 30.5 Å². The van der Waals surface area contributed by atoms with Crippen LogP contribution in [0, 0.1) is 0 Å². The fourth-order valence-corrected chi connectivity index (χ4v) is 1.77. The molecule has 0 aliphatic carbocycles. The van der Waals surface area contributed by atoms with Crippen molar-refractivity contribution < 1.29 is 23.0 Å².